The highest BCUT2D eigenvalue weighted by atomic mass is 28.2. The Morgan fingerprint density at radius 3 is 2.83 bits per heavy atom. The molecular weight excluding hydrogens is 168 g/mol. The van der Waals surface area contributed by atoms with E-state index in [9.17, 15) is 0 Å². The van der Waals surface area contributed by atoms with Crippen LogP contribution in [0.4, 0.5) is 0 Å². The molecular formula is C9H20O2Si. The normalized spacial score (nSPS) is 13.8. The number of hydrogen-bond acceptors (Lipinski definition) is 2. The Labute approximate surface area is 77.9 Å². The fraction of sp³-hybridized carbons (Fsp3) is 0.778. The number of hydrogen-bond donors (Lipinski definition) is 0. The van der Waals surface area contributed by atoms with Crippen LogP contribution in [0, 0.1) is 0 Å². The molecule has 2 nitrogen and oxygen atoms in total. The summed E-state index contributed by atoms with van der Waals surface area (Å²) >= 11 is 0. The summed E-state index contributed by atoms with van der Waals surface area (Å²) in [7, 11) is 1.35. The summed E-state index contributed by atoms with van der Waals surface area (Å²) in [6.45, 7) is 5.75. The number of allylic oxidation sites excluding steroid dienone is 1. The summed E-state index contributed by atoms with van der Waals surface area (Å²) in [6.07, 6.45) is 5.28. The van der Waals surface area contributed by atoms with Crippen molar-refractivity contribution in [1.82, 2.24) is 0 Å². The van der Waals surface area contributed by atoms with Crippen molar-refractivity contribution in [3.63, 3.8) is 0 Å². The number of methoxy groups -OCH3 is 1. The number of ether oxygens (including phenoxy) is 1. The molecule has 0 radical (unpaired) electrons. The summed E-state index contributed by atoms with van der Waals surface area (Å²) in [4.78, 5) is 0. The summed E-state index contributed by atoms with van der Waals surface area (Å²) in [5.41, 5.74) is 0. The van der Waals surface area contributed by atoms with Gasteiger partial charge in [0.05, 0.1) is 0 Å². The van der Waals surface area contributed by atoms with Gasteiger partial charge in [-0.2, -0.15) is 0 Å². The van der Waals surface area contributed by atoms with Crippen molar-refractivity contribution >= 4 is 9.76 Å². The van der Waals surface area contributed by atoms with Crippen molar-refractivity contribution in [2.24, 2.45) is 0 Å². The number of rotatable bonds is 8. The van der Waals surface area contributed by atoms with E-state index >= 15 is 0 Å². The largest absolute Gasteiger partial charge is 0.400 e. The first kappa shape index (κ1) is 11.9. The highest BCUT2D eigenvalue weighted by Gasteiger charge is 2.01. The van der Waals surface area contributed by atoms with Gasteiger partial charge in [0.1, 0.15) is 6.29 Å². The fourth-order valence-electron chi connectivity index (χ4n) is 0.958. The molecule has 72 valence electrons. The van der Waals surface area contributed by atoms with Gasteiger partial charge in [-0.05, 0) is 18.9 Å². The van der Waals surface area contributed by atoms with Crippen molar-refractivity contribution < 1.29 is 9.16 Å². The van der Waals surface area contributed by atoms with E-state index in [1.54, 1.807) is 7.11 Å². The summed E-state index contributed by atoms with van der Waals surface area (Å²) in [6, 6.07) is 1.23. The van der Waals surface area contributed by atoms with E-state index in [-0.39, 0.29) is 16.1 Å². The van der Waals surface area contributed by atoms with Crippen LogP contribution in [0.2, 0.25) is 6.04 Å². The quantitative estimate of drug-likeness (QED) is 0.250. The maximum absolute atomic E-state index is 5.57. The highest BCUT2D eigenvalue weighted by molar-refractivity contribution is 6.27. The highest BCUT2D eigenvalue weighted by Crippen LogP contribution is 2.01. The van der Waals surface area contributed by atoms with Crippen LogP contribution in [0.1, 0.15) is 26.2 Å². The first-order valence-electron chi connectivity index (χ1n) is 4.60. The minimum Gasteiger partial charge on any atom is -0.400 e. The smallest absolute Gasteiger partial charge is 0.165 e. The zero-order valence-corrected chi connectivity index (χ0v) is 9.63. The van der Waals surface area contributed by atoms with Crippen LogP contribution in [-0.2, 0) is 9.16 Å². The van der Waals surface area contributed by atoms with E-state index in [0.717, 1.165) is 12.8 Å². The fourth-order valence-corrected chi connectivity index (χ4v) is 2.25. The van der Waals surface area contributed by atoms with E-state index in [1.165, 1.54) is 12.5 Å². The first-order valence-corrected chi connectivity index (χ1v) is 6.18. The molecule has 0 saturated carbocycles. The lowest BCUT2D eigenvalue weighted by atomic mass is 10.3. The predicted molar refractivity (Wildman–Crippen MR) is 55.0 cm³/mol. The van der Waals surface area contributed by atoms with Gasteiger partial charge in [0, 0.05) is 7.11 Å². The van der Waals surface area contributed by atoms with Gasteiger partial charge >= 0.3 is 0 Å². The lowest BCUT2D eigenvalue weighted by molar-refractivity contribution is -0.0539. The van der Waals surface area contributed by atoms with E-state index < -0.39 is 0 Å². The SMILES string of the molecule is C=CCCC[SiH2]OC(CC)OC. The Hall–Kier alpha value is -0.123. The molecule has 0 aromatic carbocycles. The van der Waals surface area contributed by atoms with Gasteiger partial charge in [-0.25, -0.2) is 0 Å². The second-order valence-corrected chi connectivity index (χ2v) is 4.18. The second-order valence-electron chi connectivity index (χ2n) is 2.73. The van der Waals surface area contributed by atoms with Gasteiger partial charge in [-0.3, -0.25) is 0 Å². The van der Waals surface area contributed by atoms with Gasteiger partial charge in [0.2, 0.25) is 0 Å². The van der Waals surface area contributed by atoms with Crippen LogP contribution >= 0.6 is 0 Å². The van der Waals surface area contributed by atoms with E-state index in [4.69, 9.17) is 9.16 Å². The molecule has 0 saturated heterocycles. The molecule has 0 aromatic heterocycles. The third-order valence-electron chi connectivity index (χ3n) is 1.70. The van der Waals surface area contributed by atoms with Gasteiger partial charge in [0.15, 0.2) is 9.76 Å². The van der Waals surface area contributed by atoms with Crippen molar-refractivity contribution in [2.75, 3.05) is 7.11 Å². The molecule has 0 aliphatic carbocycles. The molecule has 12 heavy (non-hydrogen) atoms. The molecule has 1 atom stereocenters. The van der Waals surface area contributed by atoms with Crippen molar-refractivity contribution in [3.8, 4) is 0 Å². The van der Waals surface area contributed by atoms with Crippen molar-refractivity contribution in [3.05, 3.63) is 12.7 Å². The van der Waals surface area contributed by atoms with Crippen LogP contribution in [-0.4, -0.2) is 23.2 Å². The zero-order chi connectivity index (χ0) is 9.23. The zero-order valence-electron chi connectivity index (χ0n) is 8.21. The molecule has 0 fully saturated rings. The molecule has 0 amide bonds. The van der Waals surface area contributed by atoms with Crippen LogP contribution in [0.5, 0.6) is 0 Å². The maximum atomic E-state index is 5.57. The first-order chi connectivity index (χ1) is 5.85. The summed E-state index contributed by atoms with van der Waals surface area (Å²) < 4.78 is 10.7. The molecule has 0 aromatic rings. The van der Waals surface area contributed by atoms with Crippen LogP contribution in [0.3, 0.4) is 0 Å². The van der Waals surface area contributed by atoms with Gasteiger partial charge in [-0.15, -0.1) is 6.58 Å². The average molecular weight is 188 g/mol. The third-order valence-corrected chi connectivity index (χ3v) is 3.10. The maximum Gasteiger partial charge on any atom is 0.165 e. The molecule has 0 aliphatic heterocycles. The van der Waals surface area contributed by atoms with Gasteiger partial charge in [-0.1, -0.05) is 19.4 Å². The van der Waals surface area contributed by atoms with E-state index in [2.05, 4.69) is 13.5 Å². The number of unbranched alkanes of at least 4 members (excludes halogenated alkanes) is 1. The second kappa shape index (κ2) is 8.97. The Morgan fingerprint density at radius 2 is 2.33 bits per heavy atom. The Kier molecular flexibility index (Phi) is 8.88. The van der Waals surface area contributed by atoms with Gasteiger partial charge in [0.25, 0.3) is 0 Å². The minimum absolute atomic E-state index is 0.0420. The lowest BCUT2D eigenvalue weighted by Crippen LogP contribution is -2.16. The van der Waals surface area contributed by atoms with E-state index in [1.807, 2.05) is 6.08 Å². The standard InChI is InChI=1S/C9H20O2Si/c1-4-6-7-8-12-11-9(5-2)10-3/h4,9H,1,5-8,12H2,2-3H3. The average Bonchev–Trinajstić information content (AvgIpc) is 2.11. The molecule has 0 N–H and O–H groups in total. The minimum atomic E-state index is -0.351. The predicted octanol–water partition coefficient (Wildman–Crippen LogP) is 1.85. The Bertz CT molecular complexity index is 103. The van der Waals surface area contributed by atoms with Crippen LogP contribution < -0.4 is 0 Å². The summed E-state index contributed by atoms with van der Waals surface area (Å²) in [5, 5.41) is 0. The van der Waals surface area contributed by atoms with Gasteiger partial charge < -0.3 is 9.16 Å². The Morgan fingerprint density at radius 1 is 1.58 bits per heavy atom. The van der Waals surface area contributed by atoms with Crippen molar-refractivity contribution in [2.45, 2.75) is 38.5 Å². The van der Waals surface area contributed by atoms with Crippen LogP contribution in [0.25, 0.3) is 0 Å². The molecule has 0 bridgehead atoms. The molecule has 0 aliphatic rings. The monoisotopic (exact) mass is 188 g/mol. The molecule has 1 unspecified atom stereocenters. The molecule has 0 rings (SSSR count). The summed E-state index contributed by atoms with van der Waals surface area (Å²) in [5.74, 6) is 0. The molecule has 0 heterocycles. The Balaban J connectivity index is 3.11. The third kappa shape index (κ3) is 6.58. The van der Waals surface area contributed by atoms with Crippen LogP contribution in [0.15, 0.2) is 12.7 Å². The van der Waals surface area contributed by atoms with E-state index in [0.29, 0.717) is 0 Å². The lowest BCUT2D eigenvalue weighted by Gasteiger charge is -2.13. The molecule has 0 spiro atoms. The molecule has 3 heteroatoms. The topological polar surface area (TPSA) is 18.5 Å². The van der Waals surface area contributed by atoms with Crippen molar-refractivity contribution in [1.29, 1.82) is 0 Å².